The summed E-state index contributed by atoms with van der Waals surface area (Å²) in [5.74, 6) is 0.320. The van der Waals surface area contributed by atoms with E-state index in [1.807, 2.05) is 17.9 Å². The number of carbonyl (C=O) groups is 1. The molecule has 2 aliphatic rings. The van der Waals surface area contributed by atoms with Crippen molar-refractivity contribution in [3.05, 3.63) is 47.5 Å². The van der Waals surface area contributed by atoms with Gasteiger partial charge in [0, 0.05) is 58.1 Å². The van der Waals surface area contributed by atoms with Crippen LogP contribution in [-0.2, 0) is 0 Å². The first-order valence-electron chi connectivity index (χ1n) is 10.1. The molecule has 0 atom stereocenters. The van der Waals surface area contributed by atoms with Gasteiger partial charge in [0.2, 0.25) is 5.95 Å². The van der Waals surface area contributed by atoms with Gasteiger partial charge in [0.25, 0.3) is 5.91 Å². The SMILES string of the molecule is Cc1cc(C(=O)N2CCN(c3ccccc3F)CC2)nc(N2CCN(C)CC2)n1. The van der Waals surface area contributed by atoms with Gasteiger partial charge in [-0.05, 0) is 32.2 Å². The van der Waals surface area contributed by atoms with Crippen LogP contribution < -0.4 is 9.80 Å². The van der Waals surface area contributed by atoms with Crippen LogP contribution in [0.3, 0.4) is 0 Å². The van der Waals surface area contributed by atoms with E-state index >= 15 is 0 Å². The summed E-state index contributed by atoms with van der Waals surface area (Å²) in [6.07, 6.45) is 0. The summed E-state index contributed by atoms with van der Waals surface area (Å²) < 4.78 is 14.0. The number of hydrogen-bond donors (Lipinski definition) is 0. The Kier molecular flexibility index (Phi) is 5.62. The molecular formula is C21H27FN6O. The molecule has 2 aliphatic heterocycles. The predicted molar refractivity (Wildman–Crippen MR) is 111 cm³/mol. The van der Waals surface area contributed by atoms with E-state index in [0.717, 1.165) is 31.9 Å². The maximum atomic E-state index is 14.0. The molecule has 2 saturated heterocycles. The van der Waals surface area contributed by atoms with Crippen LogP contribution >= 0.6 is 0 Å². The Morgan fingerprint density at radius 3 is 2.28 bits per heavy atom. The van der Waals surface area contributed by atoms with Crippen molar-refractivity contribution < 1.29 is 9.18 Å². The molecule has 0 spiro atoms. The molecule has 2 aromatic rings. The fraction of sp³-hybridized carbons (Fsp3) is 0.476. The van der Waals surface area contributed by atoms with Gasteiger partial charge in [-0.1, -0.05) is 12.1 Å². The highest BCUT2D eigenvalue weighted by Gasteiger charge is 2.26. The van der Waals surface area contributed by atoms with Gasteiger partial charge in [-0.3, -0.25) is 4.79 Å². The van der Waals surface area contributed by atoms with E-state index in [9.17, 15) is 9.18 Å². The molecule has 0 radical (unpaired) electrons. The lowest BCUT2D eigenvalue weighted by Gasteiger charge is -2.36. The summed E-state index contributed by atoms with van der Waals surface area (Å²) in [6.45, 7) is 7.80. The highest BCUT2D eigenvalue weighted by Crippen LogP contribution is 2.21. The first-order valence-corrected chi connectivity index (χ1v) is 10.1. The number of aromatic nitrogens is 2. The van der Waals surface area contributed by atoms with Gasteiger partial charge in [0.15, 0.2) is 0 Å². The lowest BCUT2D eigenvalue weighted by Crippen LogP contribution is -2.49. The number of likely N-dealkylation sites (N-methyl/N-ethyl adjacent to an activating group) is 1. The molecule has 29 heavy (non-hydrogen) atoms. The molecule has 1 amide bonds. The fourth-order valence-corrected chi connectivity index (χ4v) is 3.83. The van der Waals surface area contributed by atoms with Gasteiger partial charge in [-0.2, -0.15) is 0 Å². The number of carbonyl (C=O) groups excluding carboxylic acids is 1. The van der Waals surface area contributed by atoms with Crippen molar-refractivity contribution in [3.8, 4) is 0 Å². The highest BCUT2D eigenvalue weighted by molar-refractivity contribution is 5.93. The third kappa shape index (κ3) is 4.32. The zero-order chi connectivity index (χ0) is 20.4. The first kappa shape index (κ1) is 19.6. The number of para-hydroxylation sites is 1. The van der Waals surface area contributed by atoms with Gasteiger partial charge in [0.1, 0.15) is 11.5 Å². The van der Waals surface area contributed by atoms with Crippen LogP contribution in [-0.4, -0.2) is 85.1 Å². The average Bonchev–Trinajstić information content (AvgIpc) is 2.74. The lowest BCUT2D eigenvalue weighted by molar-refractivity contribution is 0.0740. The van der Waals surface area contributed by atoms with E-state index in [-0.39, 0.29) is 11.7 Å². The summed E-state index contributed by atoms with van der Waals surface area (Å²) in [7, 11) is 2.10. The normalized spacial score (nSPS) is 18.2. The van der Waals surface area contributed by atoms with Crippen LogP contribution in [0.2, 0.25) is 0 Å². The van der Waals surface area contributed by atoms with Gasteiger partial charge < -0.3 is 19.6 Å². The van der Waals surface area contributed by atoms with Crippen LogP contribution in [0.1, 0.15) is 16.2 Å². The summed E-state index contributed by atoms with van der Waals surface area (Å²) in [6, 6.07) is 8.53. The zero-order valence-electron chi connectivity index (χ0n) is 17.0. The Morgan fingerprint density at radius 2 is 1.59 bits per heavy atom. The largest absolute Gasteiger partial charge is 0.366 e. The number of halogens is 1. The second-order valence-electron chi connectivity index (χ2n) is 7.72. The minimum Gasteiger partial charge on any atom is -0.366 e. The van der Waals surface area contributed by atoms with E-state index in [1.54, 1.807) is 23.1 Å². The van der Waals surface area contributed by atoms with E-state index in [0.29, 0.717) is 43.5 Å². The number of aryl methyl sites for hydroxylation is 1. The van der Waals surface area contributed by atoms with Crippen molar-refractivity contribution in [2.24, 2.45) is 0 Å². The van der Waals surface area contributed by atoms with E-state index in [1.165, 1.54) is 6.07 Å². The van der Waals surface area contributed by atoms with Gasteiger partial charge in [-0.25, -0.2) is 14.4 Å². The summed E-state index contributed by atoms with van der Waals surface area (Å²) in [5, 5.41) is 0. The Morgan fingerprint density at radius 1 is 0.931 bits per heavy atom. The fourth-order valence-electron chi connectivity index (χ4n) is 3.83. The van der Waals surface area contributed by atoms with Crippen molar-refractivity contribution >= 4 is 17.5 Å². The minimum atomic E-state index is -0.226. The van der Waals surface area contributed by atoms with Crippen LogP contribution in [0, 0.1) is 12.7 Å². The smallest absolute Gasteiger partial charge is 0.272 e. The molecule has 0 saturated carbocycles. The van der Waals surface area contributed by atoms with Gasteiger partial charge in [-0.15, -0.1) is 0 Å². The Hall–Kier alpha value is -2.74. The second-order valence-corrected chi connectivity index (χ2v) is 7.72. The standard InChI is InChI=1S/C21H27FN6O/c1-16-15-18(24-21(23-16)28-9-7-25(2)8-10-28)20(29)27-13-11-26(12-14-27)19-6-4-3-5-17(19)22/h3-6,15H,7-14H2,1-2H3. The second kappa shape index (κ2) is 8.32. The molecule has 8 heteroatoms. The highest BCUT2D eigenvalue weighted by atomic mass is 19.1. The third-order valence-corrected chi connectivity index (χ3v) is 5.61. The topological polar surface area (TPSA) is 55.8 Å². The maximum Gasteiger partial charge on any atom is 0.272 e. The Bertz CT molecular complexity index is 875. The van der Waals surface area contributed by atoms with Gasteiger partial charge >= 0.3 is 0 Å². The third-order valence-electron chi connectivity index (χ3n) is 5.61. The van der Waals surface area contributed by atoms with Crippen molar-refractivity contribution in [1.29, 1.82) is 0 Å². The van der Waals surface area contributed by atoms with Crippen LogP contribution in [0.4, 0.5) is 16.0 Å². The number of rotatable bonds is 3. The number of piperazine rings is 2. The number of nitrogens with zero attached hydrogens (tertiary/aromatic N) is 6. The quantitative estimate of drug-likeness (QED) is 0.784. The van der Waals surface area contributed by atoms with E-state index < -0.39 is 0 Å². The number of benzene rings is 1. The molecule has 7 nitrogen and oxygen atoms in total. The molecule has 2 fully saturated rings. The molecule has 4 rings (SSSR count). The average molecular weight is 398 g/mol. The molecule has 1 aromatic carbocycles. The molecular weight excluding hydrogens is 371 g/mol. The summed E-state index contributed by atoms with van der Waals surface area (Å²) in [5.41, 5.74) is 1.82. The van der Waals surface area contributed by atoms with Crippen LogP contribution in [0.15, 0.2) is 30.3 Å². The van der Waals surface area contributed by atoms with Crippen molar-refractivity contribution in [2.45, 2.75) is 6.92 Å². The number of anilines is 2. The molecule has 3 heterocycles. The molecule has 0 aliphatic carbocycles. The van der Waals surface area contributed by atoms with Crippen LogP contribution in [0.5, 0.6) is 0 Å². The maximum absolute atomic E-state index is 14.0. The van der Waals surface area contributed by atoms with E-state index in [2.05, 4.69) is 26.8 Å². The molecule has 0 unspecified atom stereocenters. The predicted octanol–water partition coefficient (Wildman–Crippen LogP) is 1.64. The Labute approximate surface area is 170 Å². The van der Waals surface area contributed by atoms with E-state index in [4.69, 9.17) is 0 Å². The molecule has 154 valence electrons. The number of amides is 1. The lowest BCUT2D eigenvalue weighted by atomic mass is 10.2. The molecule has 1 aromatic heterocycles. The number of hydrogen-bond acceptors (Lipinski definition) is 6. The summed E-state index contributed by atoms with van der Waals surface area (Å²) in [4.78, 5) is 30.4. The zero-order valence-corrected chi connectivity index (χ0v) is 17.0. The molecule has 0 bridgehead atoms. The van der Waals surface area contributed by atoms with Gasteiger partial charge in [0.05, 0.1) is 5.69 Å². The van der Waals surface area contributed by atoms with Crippen LogP contribution in [0.25, 0.3) is 0 Å². The van der Waals surface area contributed by atoms with Crippen molar-refractivity contribution in [2.75, 3.05) is 69.2 Å². The van der Waals surface area contributed by atoms with Crippen molar-refractivity contribution in [1.82, 2.24) is 19.8 Å². The summed E-state index contributed by atoms with van der Waals surface area (Å²) >= 11 is 0. The first-order chi connectivity index (χ1) is 14.0. The Balaban J connectivity index is 1.44. The monoisotopic (exact) mass is 398 g/mol. The minimum absolute atomic E-state index is 0.0842. The van der Waals surface area contributed by atoms with Crippen molar-refractivity contribution in [3.63, 3.8) is 0 Å². The molecule has 0 N–H and O–H groups in total.